The zero-order chi connectivity index (χ0) is 13.3. The molecule has 0 aliphatic carbocycles. The van der Waals surface area contributed by atoms with Gasteiger partial charge in [0.25, 0.3) is 0 Å². The highest BCUT2D eigenvalue weighted by molar-refractivity contribution is 7.89. The second kappa shape index (κ2) is 5.64. The Morgan fingerprint density at radius 2 is 2.00 bits per heavy atom. The summed E-state index contributed by atoms with van der Waals surface area (Å²) in [6.07, 6.45) is 1.59. The highest BCUT2D eigenvalue weighted by atomic mass is 35.5. The Morgan fingerprint density at radius 1 is 1.39 bits per heavy atom. The number of rotatable bonds is 3. The third-order valence-corrected chi connectivity index (χ3v) is 6.80. The molecule has 1 aliphatic rings. The molecule has 0 unspecified atom stereocenters. The molecule has 2 N–H and O–H groups in total. The van der Waals surface area contributed by atoms with Crippen molar-refractivity contribution in [1.82, 2.24) is 4.31 Å². The van der Waals surface area contributed by atoms with Crippen LogP contribution in [0.1, 0.15) is 12.8 Å². The Bertz CT molecular complexity index is 522. The van der Waals surface area contributed by atoms with Crippen molar-refractivity contribution < 1.29 is 8.42 Å². The number of nitrogens with two attached hydrogens (primary N) is 1. The molecule has 18 heavy (non-hydrogen) atoms. The summed E-state index contributed by atoms with van der Waals surface area (Å²) in [7, 11) is -3.52. The second-order valence-electron chi connectivity index (χ2n) is 4.27. The van der Waals surface area contributed by atoms with Crippen molar-refractivity contribution in [2.75, 3.05) is 19.6 Å². The molecule has 1 fully saturated rings. The molecule has 2 rings (SSSR count). The first kappa shape index (κ1) is 14.6. The molecule has 0 saturated carbocycles. The van der Waals surface area contributed by atoms with Gasteiger partial charge in [-0.2, -0.15) is 4.31 Å². The van der Waals surface area contributed by atoms with Crippen LogP contribution >= 0.6 is 34.5 Å². The molecular formula is C10H14Cl2N2O2S2. The van der Waals surface area contributed by atoms with Gasteiger partial charge in [0, 0.05) is 13.1 Å². The third kappa shape index (κ3) is 2.84. The molecule has 2 heterocycles. The number of piperidine rings is 1. The van der Waals surface area contributed by atoms with Gasteiger partial charge in [0.05, 0.1) is 4.34 Å². The molecule has 0 amide bonds. The summed E-state index contributed by atoms with van der Waals surface area (Å²) in [5.41, 5.74) is 5.59. The molecule has 4 nitrogen and oxygen atoms in total. The fraction of sp³-hybridized carbons (Fsp3) is 0.600. The lowest BCUT2D eigenvalue weighted by Crippen LogP contribution is -2.39. The van der Waals surface area contributed by atoms with E-state index in [9.17, 15) is 8.42 Å². The van der Waals surface area contributed by atoms with Crippen molar-refractivity contribution >= 4 is 44.6 Å². The summed E-state index contributed by atoms with van der Waals surface area (Å²) in [6.45, 7) is 1.60. The van der Waals surface area contributed by atoms with Gasteiger partial charge in [0.1, 0.15) is 9.23 Å². The highest BCUT2D eigenvalue weighted by Gasteiger charge is 2.31. The Balaban J connectivity index is 2.20. The lowest BCUT2D eigenvalue weighted by molar-refractivity contribution is 0.278. The van der Waals surface area contributed by atoms with E-state index in [-0.39, 0.29) is 9.23 Å². The average Bonchev–Trinajstić information content (AvgIpc) is 2.69. The fourth-order valence-electron chi connectivity index (χ4n) is 2.03. The van der Waals surface area contributed by atoms with Crippen molar-refractivity contribution in [3.8, 4) is 0 Å². The van der Waals surface area contributed by atoms with E-state index >= 15 is 0 Å². The van der Waals surface area contributed by atoms with Crippen molar-refractivity contribution in [2.45, 2.75) is 17.7 Å². The van der Waals surface area contributed by atoms with E-state index in [2.05, 4.69) is 0 Å². The molecule has 0 radical (unpaired) electrons. The van der Waals surface area contributed by atoms with Crippen LogP contribution in [0, 0.1) is 5.92 Å². The summed E-state index contributed by atoms with van der Waals surface area (Å²) in [4.78, 5) is 0.116. The van der Waals surface area contributed by atoms with Crippen LogP contribution in [0.15, 0.2) is 11.0 Å². The SMILES string of the molecule is NCC1CCN(S(=O)(=O)c2cc(Cl)sc2Cl)CC1. The molecule has 1 aromatic rings. The Hall–Kier alpha value is 0.150. The van der Waals surface area contributed by atoms with Crippen molar-refractivity contribution in [3.63, 3.8) is 0 Å². The Labute approximate surface area is 121 Å². The van der Waals surface area contributed by atoms with Crippen LogP contribution < -0.4 is 5.73 Å². The summed E-state index contributed by atoms with van der Waals surface area (Å²) in [5.74, 6) is 0.415. The zero-order valence-electron chi connectivity index (χ0n) is 9.60. The number of hydrogen-bond acceptors (Lipinski definition) is 4. The largest absolute Gasteiger partial charge is 0.330 e. The van der Waals surface area contributed by atoms with Gasteiger partial charge in [0.2, 0.25) is 10.0 Å². The summed E-state index contributed by atoms with van der Waals surface area (Å²) in [6, 6.07) is 1.42. The van der Waals surface area contributed by atoms with Crippen LogP contribution in [0.25, 0.3) is 0 Å². The van der Waals surface area contributed by atoms with E-state index in [0.29, 0.717) is 29.9 Å². The number of nitrogens with zero attached hydrogens (tertiary/aromatic N) is 1. The van der Waals surface area contributed by atoms with E-state index in [4.69, 9.17) is 28.9 Å². The van der Waals surface area contributed by atoms with Crippen LogP contribution in [0.3, 0.4) is 0 Å². The maximum absolute atomic E-state index is 12.4. The maximum Gasteiger partial charge on any atom is 0.245 e. The van der Waals surface area contributed by atoms with Crippen molar-refractivity contribution in [1.29, 1.82) is 0 Å². The first-order valence-electron chi connectivity index (χ1n) is 5.60. The van der Waals surface area contributed by atoms with Crippen LogP contribution in [0.2, 0.25) is 8.67 Å². The monoisotopic (exact) mass is 328 g/mol. The maximum atomic E-state index is 12.4. The van der Waals surface area contributed by atoms with Gasteiger partial charge in [-0.1, -0.05) is 23.2 Å². The van der Waals surface area contributed by atoms with E-state index in [0.717, 1.165) is 24.2 Å². The Kier molecular flexibility index (Phi) is 4.57. The van der Waals surface area contributed by atoms with Crippen LogP contribution in [0.5, 0.6) is 0 Å². The standard InChI is InChI=1S/C10H14Cl2N2O2S2/c11-9-5-8(10(12)17-9)18(15,16)14-3-1-7(6-13)2-4-14/h5,7H,1-4,6,13H2. The molecular weight excluding hydrogens is 315 g/mol. The molecule has 0 atom stereocenters. The van der Waals surface area contributed by atoms with E-state index < -0.39 is 10.0 Å². The fourth-order valence-corrected chi connectivity index (χ4v) is 5.61. The van der Waals surface area contributed by atoms with E-state index in [1.807, 2.05) is 0 Å². The minimum absolute atomic E-state index is 0.116. The third-order valence-electron chi connectivity index (χ3n) is 3.15. The molecule has 0 aromatic carbocycles. The van der Waals surface area contributed by atoms with Gasteiger partial charge >= 0.3 is 0 Å². The number of thiophene rings is 1. The number of sulfonamides is 1. The number of hydrogen-bond donors (Lipinski definition) is 1. The number of halogens is 2. The zero-order valence-corrected chi connectivity index (χ0v) is 12.7. The highest BCUT2D eigenvalue weighted by Crippen LogP contribution is 2.36. The molecule has 0 spiro atoms. The van der Waals surface area contributed by atoms with E-state index in [1.54, 1.807) is 0 Å². The van der Waals surface area contributed by atoms with Crippen LogP contribution in [-0.4, -0.2) is 32.4 Å². The van der Waals surface area contributed by atoms with Gasteiger partial charge in [-0.3, -0.25) is 0 Å². The quantitative estimate of drug-likeness (QED) is 0.926. The van der Waals surface area contributed by atoms with Crippen LogP contribution in [0.4, 0.5) is 0 Å². The molecule has 102 valence electrons. The normalized spacial score (nSPS) is 19.3. The van der Waals surface area contributed by atoms with Crippen LogP contribution in [-0.2, 0) is 10.0 Å². The minimum atomic E-state index is -3.52. The molecule has 0 bridgehead atoms. The summed E-state index contributed by atoms with van der Waals surface area (Å²) in [5, 5.41) is 0. The topological polar surface area (TPSA) is 63.4 Å². The predicted molar refractivity (Wildman–Crippen MR) is 74.9 cm³/mol. The van der Waals surface area contributed by atoms with Gasteiger partial charge in [-0.25, -0.2) is 8.42 Å². The smallest absolute Gasteiger partial charge is 0.245 e. The molecule has 8 heteroatoms. The minimum Gasteiger partial charge on any atom is -0.330 e. The van der Waals surface area contributed by atoms with Gasteiger partial charge < -0.3 is 5.73 Å². The lowest BCUT2D eigenvalue weighted by Gasteiger charge is -2.30. The molecule has 1 aliphatic heterocycles. The first-order chi connectivity index (χ1) is 8.45. The molecule has 1 aromatic heterocycles. The summed E-state index contributed by atoms with van der Waals surface area (Å²) >= 11 is 12.8. The van der Waals surface area contributed by atoms with Gasteiger partial charge in [-0.05, 0) is 31.4 Å². The van der Waals surface area contributed by atoms with E-state index in [1.165, 1.54) is 10.4 Å². The molecule has 1 saturated heterocycles. The Morgan fingerprint density at radius 3 is 2.44 bits per heavy atom. The first-order valence-corrected chi connectivity index (χ1v) is 8.61. The van der Waals surface area contributed by atoms with Crippen molar-refractivity contribution in [2.24, 2.45) is 11.7 Å². The lowest BCUT2D eigenvalue weighted by atomic mass is 9.99. The van der Waals surface area contributed by atoms with Crippen molar-refractivity contribution in [3.05, 3.63) is 14.7 Å². The summed E-state index contributed by atoms with van der Waals surface area (Å²) < 4.78 is 26.8. The predicted octanol–water partition coefficient (Wildman–Crippen LogP) is 2.41. The van der Waals surface area contributed by atoms with Gasteiger partial charge in [-0.15, -0.1) is 11.3 Å². The average molecular weight is 329 g/mol. The second-order valence-corrected chi connectivity index (χ2v) is 8.46. The van der Waals surface area contributed by atoms with Gasteiger partial charge in [0.15, 0.2) is 0 Å².